The van der Waals surface area contributed by atoms with Gasteiger partial charge >= 0.3 is 11.9 Å². The quantitative estimate of drug-likeness (QED) is 0.756. The molecule has 140 valence electrons. The van der Waals surface area contributed by atoms with E-state index in [0.717, 1.165) is 12.3 Å². The van der Waals surface area contributed by atoms with Crippen LogP contribution < -0.4 is 5.32 Å². The number of benzene rings is 1. The maximum atomic E-state index is 12.1. The van der Waals surface area contributed by atoms with Crippen molar-refractivity contribution in [1.29, 1.82) is 0 Å². The van der Waals surface area contributed by atoms with E-state index in [1.54, 1.807) is 31.2 Å². The Labute approximate surface area is 153 Å². The number of para-hydroxylation sites is 1. The van der Waals surface area contributed by atoms with E-state index in [4.69, 9.17) is 9.47 Å². The summed E-state index contributed by atoms with van der Waals surface area (Å²) in [4.78, 5) is 36.0. The number of hydrogen-bond donors (Lipinski definition) is 1. The number of rotatable bonds is 7. The molecular weight excluding hydrogens is 334 g/mol. The number of hydrogen-bond acceptors (Lipinski definition) is 5. The van der Waals surface area contributed by atoms with Crippen LogP contribution in [0.15, 0.2) is 24.3 Å². The molecule has 3 rings (SSSR count). The van der Waals surface area contributed by atoms with Gasteiger partial charge in [0.2, 0.25) is 0 Å². The molecule has 26 heavy (non-hydrogen) atoms. The highest BCUT2D eigenvalue weighted by molar-refractivity contribution is 6.01. The molecule has 6 heteroatoms. The van der Waals surface area contributed by atoms with Crippen LogP contribution in [0.3, 0.4) is 0 Å². The van der Waals surface area contributed by atoms with E-state index in [1.165, 1.54) is 19.3 Å². The topological polar surface area (TPSA) is 81.7 Å². The van der Waals surface area contributed by atoms with Crippen molar-refractivity contribution in [3.63, 3.8) is 0 Å². The maximum absolute atomic E-state index is 12.1. The summed E-state index contributed by atoms with van der Waals surface area (Å²) in [6.07, 6.45) is 5.25. The van der Waals surface area contributed by atoms with Crippen molar-refractivity contribution < 1.29 is 23.9 Å². The summed E-state index contributed by atoms with van der Waals surface area (Å²) in [6, 6.07) is 6.59. The molecule has 0 aliphatic heterocycles. The van der Waals surface area contributed by atoms with Gasteiger partial charge in [0.1, 0.15) is 0 Å². The molecule has 1 aromatic rings. The molecule has 2 fully saturated rings. The minimum Gasteiger partial charge on any atom is -0.462 e. The smallest absolute Gasteiger partial charge is 0.340 e. The predicted molar refractivity (Wildman–Crippen MR) is 95.5 cm³/mol. The maximum Gasteiger partial charge on any atom is 0.340 e. The van der Waals surface area contributed by atoms with E-state index < -0.39 is 11.9 Å². The third-order valence-electron chi connectivity index (χ3n) is 5.37. The minimum atomic E-state index is -0.503. The summed E-state index contributed by atoms with van der Waals surface area (Å²) in [6.45, 7) is 1.62. The fourth-order valence-corrected chi connectivity index (χ4v) is 4.21. The monoisotopic (exact) mass is 359 g/mol. The zero-order valence-corrected chi connectivity index (χ0v) is 15.0. The molecule has 1 amide bonds. The zero-order chi connectivity index (χ0) is 18.5. The summed E-state index contributed by atoms with van der Waals surface area (Å²) in [5.41, 5.74) is 0.621. The van der Waals surface area contributed by atoms with Gasteiger partial charge in [-0.3, -0.25) is 9.59 Å². The SMILES string of the molecule is CCOC(=O)c1ccccc1NC(=O)COC(=O)C[C@@H]1C[C@H]2CC[C@@H]1C2. The van der Waals surface area contributed by atoms with Gasteiger partial charge in [0.05, 0.1) is 17.9 Å². The molecule has 6 nitrogen and oxygen atoms in total. The van der Waals surface area contributed by atoms with Crippen molar-refractivity contribution in [3.05, 3.63) is 29.8 Å². The van der Waals surface area contributed by atoms with Crippen molar-refractivity contribution >= 4 is 23.5 Å². The van der Waals surface area contributed by atoms with Crippen LogP contribution in [-0.2, 0) is 19.1 Å². The number of carbonyl (C=O) groups is 3. The molecule has 3 atom stereocenters. The molecule has 0 heterocycles. The molecule has 0 aromatic heterocycles. The van der Waals surface area contributed by atoms with Crippen LogP contribution in [0, 0.1) is 17.8 Å². The summed E-state index contributed by atoms with van der Waals surface area (Å²) in [5, 5.41) is 2.61. The fourth-order valence-electron chi connectivity index (χ4n) is 4.21. The molecule has 0 unspecified atom stereocenters. The van der Waals surface area contributed by atoms with Crippen LogP contribution in [0.5, 0.6) is 0 Å². The lowest BCUT2D eigenvalue weighted by molar-refractivity contribution is -0.148. The minimum absolute atomic E-state index is 0.252. The normalized spacial score (nSPS) is 23.5. The Kier molecular flexibility index (Phi) is 5.91. The zero-order valence-electron chi connectivity index (χ0n) is 15.0. The van der Waals surface area contributed by atoms with Gasteiger partial charge < -0.3 is 14.8 Å². The molecule has 1 N–H and O–H groups in total. The summed E-state index contributed by atoms with van der Waals surface area (Å²) in [7, 11) is 0. The molecular formula is C20H25NO5. The van der Waals surface area contributed by atoms with E-state index in [2.05, 4.69) is 5.32 Å². The Bertz CT molecular complexity index is 687. The van der Waals surface area contributed by atoms with Gasteiger partial charge in [0, 0.05) is 6.42 Å². The Morgan fingerprint density at radius 1 is 1.12 bits per heavy atom. The Morgan fingerprint density at radius 2 is 1.92 bits per heavy atom. The van der Waals surface area contributed by atoms with Crippen LogP contribution in [0.4, 0.5) is 5.69 Å². The first-order chi connectivity index (χ1) is 12.6. The van der Waals surface area contributed by atoms with Gasteiger partial charge in [0.25, 0.3) is 5.91 Å². The highest BCUT2D eigenvalue weighted by Crippen LogP contribution is 2.49. The molecule has 1 aromatic carbocycles. The van der Waals surface area contributed by atoms with E-state index >= 15 is 0 Å². The largest absolute Gasteiger partial charge is 0.462 e. The number of nitrogens with one attached hydrogen (secondary N) is 1. The molecule has 0 spiro atoms. The Morgan fingerprint density at radius 3 is 2.62 bits per heavy atom. The predicted octanol–water partition coefficient (Wildman–Crippen LogP) is 3.17. The fraction of sp³-hybridized carbons (Fsp3) is 0.550. The average molecular weight is 359 g/mol. The lowest BCUT2D eigenvalue weighted by Crippen LogP contribution is -2.24. The van der Waals surface area contributed by atoms with Crippen LogP contribution in [0.1, 0.15) is 49.4 Å². The van der Waals surface area contributed by atoms with E-state index in [1.807, 2.05) is 0 Å². The van der Waals surface area contributed by atoms with E-state index in [9.17, 15) is 14.4 Å². The van der Waals surface area contributed by atoms with E-state index in [-0.39, 0.29) is 24.7 Å². The Hall–Kier alpha value is -2.37. The number of amides is 1. The molecule has 2 bridgehead atoms. The summed E-state index contributed by atoms with van der Waals surface area (Å²) in [5.74, 6) is 0.545. The number of anilines is 1. The Balaban J connectivity index is 1.47. The second kappa shape index (κ2) is 8.34. The van der Waals surface area contributed by atoms with Crippen molar-refractivity contribution in [3.8, 4) is 0 Å². The van der Waals surface area contributed by atoms with Crippen molar-refractivity contribution in [1.82, 2.24) is 0 Å². The molecule has 2 aliphatic carbocycles. The van der Waals surface area contributed by atoms with Gasteiger partial charge in [-0.2, -0.15) is 0 Å². The van der Waals surface area contributed by atoms with Gasteiger partial charge in [-0.1, -0.05) is 18.6 Å². The highest BCUT2D eigenvalue weighted by atomic mass is 16.5. The standard InChI is InChI=1S/C20H25NO5/c1-2-25-20(24)16-5-3-4-6-17(16)21-18(22)12-26-19(23)11-15-10-13-7-8-14(15)9-13/h3-6,13-15H,2,7-12H2,1H3,(H,21,22)/t13-,14+,15-/m0/s1. The van der Waals surface area contributed by atoms with Crippen LogP contribution in [0.25, 0.3) is 0 Å². The number of esters is 2. The van der Waals surface area contributed by atoms with Crippen LogP contribution in [-0.4, -0.2) is 31.1 Å². The third kappa shape index (κ3) is 4.42. The molecule has 0 radical (unpaired) electrons. The number of carbonyl (C=O) groups excluding carboxylic acids is 3. The first-order valence-electron chi connectivity index (χ1n) is 9.28. The second-order valence-corrected chi connectivity index (χ2v) is 7.11. The summed E-state index contributed by atoms with van der Waals surface area (Å²) < 4.78 is 10.1. The molecule has 2 saturated carbocycles. The van der Waals surface area contributed by atoms with Crippen molar-refractivity contribution in [2.24, 2.45) is 17.8 Å². The third-order valence-corrected chi connectivity index (χ3v) is 5.37. The highest BCUT2D eigenvalue weighted by Gasteiger charge is 2.40. The molecule has 2 aliphatic rings. The van der Waals surface area contributed by atoms with Gasteiger partial charge in [-0.15, -0.1) is 0 Å². The number of fused-ring (bicyclic) bond motifs is 2. The van der Waals surface area contributed by atoms with Crippen molar-refractivity contribution in [2.75, 3.05) is 18.5 Å². The van der Waals surface area contributed by atoms with Crippen LogP contribution >= 0.6 is 0 Å². The van der Waals surface area contributed by atoms with Crippen LogP contribution in [0.2, 0.25) is 0 Å². The second-order valence-electron chi connectivity index (χ2n) is 7.11. The van der Waals surface area contributed by atoms with Gasteiger partial charge in [-0.05, 0) is 56.1 Å². The van der Waals surface area contributed by atoms with Gasteiger partial charge in [-0.25, -0.2) is 4.79 Å². The lowest BCUT2D eigenvalue weighted by atomic mass is 9.86. The average Bonchev–Trinajstić information content (AvgIpc) is 3.23. The molecule has 0 saturated heterocycles. The lowest BCUT2D eigenvalue weighted by Gasteiger charge is -2.20. The number of ether oxygens (including phenoxy) is 2. The summed E-state index contributed by atoms with van der Waals surface area (Å²) >= 11 is 0. The first-order valence-corrected chi connectivity index (χ1v) is 9.28. The van der Waals surface area contributed by atoms with E-state index in [0.29, 0.717) is 23.9 Å². The van der Waals surface area contributed by atoms with Gasteiger partial charge in [0.15, 0.2) is 6.61 Å². The van der Waals surface area contributed by atoms with Crippen molar-refractivity contribution in [2.45, 2.75) is 39.0 Å². The first kappa shape index (κ1) is 18.4.